The molecule has 0 aliphatic rings. The number of halogens is 3. The lowest BCUT2D eigenvalue weighted by atomic mass is 10.1. The maximum atomic E-state index is 13.5. The first-order chi connectivity index (χ1) is 9.86. The summed E-state index contributed by atoms with van der Waals surface area (Å²) in [5, 5.41) is 0. The molecule has 0 bridgehead atoms. The summed E-state index contributed by atoms with van der Waals surface area (Å²) in [4.78, 5) is 0. The average molecular weight is 297 g/mol. The minimum Gasteiger partial charge on any atom is -0.455 e. The molecule has 0 saturated heterocycles. The molecule has 2 aromatic carbocycles. The van der Waals surface area contributed by atoms with Crippen molar-refractivity contribution in [2.45, 2.75) is 20.5 Å². The number of nitrogen functional groups attached to an aromatic ring is 1. The van der Waals surface area contributed by atoms with E-state index in [2.05, 4.69) is 4.74 Å². The van der Waals surface area contributed by atoms with Gasteiger partial charge >= 0.3 is 6.61 Å². The molecule has 0 aliphatic carbocycles. The van der Waals surface area contributed by atoms with Crippen LogP contribution in [0.1, 0.15) is 11.1 Å². The molecule has 0 aliphatic heterocycles. The van der Waals surface area contributed by atoms with E-state index in [9.17, 15) is 13.2 Å². The molecule has 0 unspecified atom stereocenters. The molecule has 0 heterocycles. The fourth-order valence-corrected chi connectivity index (χ4v) is 1.76. The highest BCUT2D eigenvalue weighted by atomic mass is 19.3. The van der Waals surface area contributed by atoms with E-state index in [1.54, 1.807) is 6.07 Å². The van der Waals surface area contributed by atoms with Crippen LogP contribution in [0.5, 0.6) is 17.2 Å². The molecular formula is C15H14F3NO2. The smallest absolute Gasteiger partial charge is 0.387 e. The van der Waals surface area contributed by atoms with E-state index in [0.717, 1.165) is 23.3 Å². The number of hydrogen-bond donors (Lipinski definition) is 1. The largest absolute Gasteiger partial charge is 0.455 e. The Morgan fingerprint density at radius 3 is 2.38 bits per heavy atom. The van der Waals surface area contributed by atoms with Crippen molar-refractivity contribution in [3.05, 3.63) is 47.3 Å². The van der Waals surface area contributed by atoms with Crippen molar-refractivity contribution in [1.29, 1.82) is 0 Å². The topological polar surface area (TPSA) is 44.5 Å². The Morgan fingerprint density at radius 1 is 1.00 bits per heavy atom. The number of rotatable bonds is 4. The molecule has 0 aromatic heterocycles. The minimum atomic E-state index is -3.13. The summed E-state index contributed by atoms with van der Waals surface area (Å²) < 4.78 is 47.6. The zero-order valence-electron chi connectivity index (χ0n) is 11.5. The molecular weight excluding hydrogens is 283 g/mol. The van der Waals surface area contributed by atoms with Crippen molar-refractivity contribution in [2.24, 2.45) is 0 Å². The van der Waals surface area contributed by atoms with Crippen LogP contribution < -0.4 is 15.2 Å². The predicted octanol–water partition coefficient (Wildman–Crippen LogP) is 4.42. The summed E-state index contributed by atoms with van der Waals surface area (Å²) in [7, 11) is 0. The van der Waals surface area contributed by atoms with Crippen LogP contribution in [0.4, 0.5) is 18.9 Å². The summed E-state index contributed by atoms with van der Waals surface area (Å²) in [5.74, 6) is -1.02. The van der Waals surface area contributed by atoms with E-state index in [0.29, 0.717) is 5.75 Å². The lowest BCUT2D eigenvalue weighted by Crippen LogP contribution is -2.05. The molecule has 3 nitrogen and oxygen atoms in total. The molecule has 112 valence electrons. The first kappa shape index (κ1) is 15.0. The molecule has 6 heteroatoms. The van der Waals surface area contributed by atoms with Gasteiger partial charge in [-0.15, -0.1) is 0 Å². The van der Waals surface area contributed by atoms with Crippen LogP contribution in [0.15, 0.2) is 30.3 Å². The zero-order chi connectivity index (χ0) is 15.6. The number of aryl methyl sites for hydroxylation is 2. The van der Waals surface area contributed by atoms with Gasteiger partial charge in [-0.1, -0.05) is 12.1 Å². The van der Waals surface area contributed by atoms with Crippen molar-refractivity contribution in [3.8, 4) is 17.2 Å². The van der Waals surface area contributed by atoms with E-state index < -0.39 is 18.2 Å². The summed E-state index contributed by atoms with van der Waals surface area (Å²) in [6, 6.07) is 7.42. The maximum absolute atomic E-state index is 13.5. The average Bonchev–Trinajstić information content (AvgIpc) is 2.39. The monoisotopic (exact) mass is 297 g/mol. The van der Waals surface area contributed by atoms with Gasteiger partial charge in [0.25, 0.3) is 0 Å². The minimum absolute atomic E-state index is 0.00461. The lowest BCUT2D eigenvalue weighted by Gasteiger charge is -2.14. The van der Waals surface area contributed by atoms with Gasteiger partial charge in [-0.3, -0.25) is 0 Å². The molecule has 2 rings (SSSR count). The molecule has 0 spiro atoms. The quantitative estimate of drug-likeness (QED) is 0.850. The van der Waals surface area contributed by atoms with E-state index >= 15 is 0 Å². The van der Waals surface area contributed by atoms with Gasteiger partial charge < -0.3 is 15.2 Å². The molecule has 0 radical (unpaired) electrons. The summed E-state index contributed by atoms with van der Waals surface area (Å²) in [6.07, 6.45) is 0. The van der Waals surface area contributed by atoms with Crippen molar-refractivity contribution >= 4 is 5.69 Å². The fraction of sp³-hybridized carbons (Fsp3) is 0.200. The van der Waals surface area contributed by atoms with E-state index in [-0.39, 0.29) is 11.4 Å². The number of benzene rings is 2. The molecule has 2 N–H and O–H groups in total. The third-order valence-electron chi connectivity index (χ3n) is 2.84. The Kier molecular flexibility index (Phi) is 4.26. The van der Waals surface area contributed by atoms with Gasteiger partial charge in [0.2, 0.25) is 0 Å². The van der Waals surface area contributed by atoms with Gasteiger partial charge in [0.1, 0.15) is 5.75 Å². The van der Waals surface area contributed by atoms with Crippen LogP contribution in [0.2, 0.25) is 0 Å². The number of alkyl halides is 2. The Bertz CT molecular complexity index is 660. The van der Waals surface area contributed by atoms with Gasteiger partial charge in [0.05, 0.1) is 5.69 Å². The Hall–Kier alpha value is -2.37. The first-order valence-electron chi connectivity index (χ1n) is 6.15. The van der Waals surface area contributed by atoms with Gasteiger partial charge in [-0.25, -0.2) is 4.39 Å². The molecule has 21 heavy (non-hydrogen) atoms. The van der Waals surface area contributed by atoms with E-state index in [1.165, 1.54) is 0 Å². The van der Waals surface area contributed by atoms with Crippen LogP contribution in [0.3, 0.4) is 0 Å². The van der Waals surface area contributed by atoms with Crippen molar-refractivity contribution in [2.75, 3.05) is 5.73 Å². The maximum Gasteiger partial charge on any atom is 0.387 e. The van der Waals surface area contributed by atoms with E-state index in [1.807, 2.05) is 26.0 Å². The third-order valence-corrected chi connectivity index (χ3v) is 2.84. The van der Waals surface area contributed by atoms with Gasteiger partial charge in [0.15, 0.2) is 17.3 Å². The second kappa shape index (κ2) is 5.95. The SMILES string of the molecule is Cc1ccc(C)c(Oc2cc(OC(F)F)c(F)cc2N)c1. The fourth-order valence-electron chi connectivity index (χ4n) is 1.76. The highest BCUT2D eigenvalue weighted by molar-refractivity contribution is 5.58. The number of hydrogen-bond acceptors (Lipinski definition) is 3. The summed E-state index contributed by atoms with van der Waals surface area (Å²) >= 11 is 0. The summed E-state index contributed by atoms with van der Waals surface area (Å²) in [6.45, 7) is 0.577. The van der Waals surface area contributed by atoms with Crippen molar-refractivity contribution in [3.63, 3.8) is 0 Å². The Morgan fingerprint density at radius 2 is 1.71 bits per heavy atom. The molecule has 2 aromatic rings. The van der Waals surface area contributed by atoms with Gasteiger partial charge in [-0.2, -0.15) is 8.78 Å². The normalized spacial score (nSPS) is 10.8. The van der Waals surface area contributed by atoms with Crippen LogP contribution in [-0.2, 0) is 0 Å². The van der Waals surface area contributed by atoms with Crippen LogP contribution in [-0.4, -0.2) is 6.61 Å². The predicted molar refractivity (Wildman–Crippen MR) is 73.4 cm³/mol. The number of anilines is 1. The molecule has 0 atom stereocenters. The Balaban J connectivity index is 2.37. The lowest BCUT2D eigenvalue weighted by molar-refractivity contribution is -0.0522. The van der Waals surface area contributed by atoms with Crippen LogP contribution in [0.25, 0.3) is 0 Å². The number of nitrogens with two attached hydrogens (primary N) is 1. The van der Waals surface area contributed by atoms with Gasteiger partial charge in [0, 0.05) is 12.1 Å². The molecule has 0 amide bonds. The second-order valence-corrected chi connectivity index (χ2v) is 4.57. The van der Waals surface area contributed by atoms with Crippen LogP contribution in [0, 0.1) is 19.7 Å². The third kappa shape index (κ3) is 3.59. The van der Waals surface area contributed by atoms with E-state index in [4.69, 9.17) is 10.5 Å². The Labute approximate surface area is 120 Å². The molecule has 0 fully saturated rings. The molecule has 0 saturated carbocycles. The first-order valence-corrected chi connectivity index (χ1v) is 6.15. The second-order valence-electron chi connectivity index (χ2n) is 4.57. The van der Waals surface area contributed by atoms with Crippen molar-refractivity contribution < 1.29 is 22.6 Å². The highest BCUT2D eigenvalue weighted by Crippen LogP contribution is 2.35. The highest BCUT2D eigenvalue weighted by Gasteiger charge is 2.15. The van der Waals surface area contributed by atoms with Crippen LogP contribution >= 0.6 is 0 Å². The standard InChI is InChI=1S/C15H14F3NO2/c1-8-3-4-9(2)12(5-8)20-14-7-13(21-15(17)18)10(16)6-11(14)19/h3-7,15H,19H2,1-2H3. The summed E-state index contributed by atoms with van der Waals surface area (Å²) in [5.41, 5.74) is 7.44. The zero-order valence-corrected chi connectivity index (χ0v) is 11.5. The van der Waals surface area contributed by atoms with Crippen molar-refractivity contribution in [1.82, 2.24) is 0 Å². The number of ether oxygens (including phenoxy) is 2. The van der Waals surface area contributed by atoms with Gasteiger partial charge in [-0.05, 0) is 31.0 Å².